The van der Waals surface area contributed by atoms with E-state index in [1.807, 2.05) is 35.4 Å². The third-order valence-electron chi connectivity index (χ3n) is 4.38. The standard InChI is InChI=1S/C17H19N3O3/c21-17(12-19-7-2-6-18-19)20-8-1-3-14(20)13-4-5-15-16(11-13)23-10-9-22-15/h2,4-7,11,14H,1,3,8-10,12H2/t14-/m1/s1. The van der Waals surface area contributed by atoms with Crippen molar-refractivity contribution < 1.29 is 14.3 Å². The molecule has 6 heteroatoms. The normalized spacial score (nSPS) is 19.8. The third-order valence-corrected chi connectivity index (χ3v) is 4.38. The van der Waals surface area contributed by atoms with Crippen molar-refractivity contribution in [2.24, 2.45) is 0 Å². The first-order valence-electron chi connectivity index (χ1n) is 7.98. The average molecular weight is 313 g/mol. The maximum absolute atomic E-state index is 12.6. The molecule has 1 saturated heterocycles. The van der Waals surface area contributed by atoms with Gasteiger partial charge in [0.15, 0.2) is 11.5 Å². The van der Waals surface area contributed by atoms with Gasteiger partial charge in [0.05, 0.1) is 6.04 Å². The second-order valence-electron chi connectivity index (χ2n) is 5.85. The van der Waals surface area contributed by atoms with Crippen molar-refractivity contribution >= 4 is 5.91 Å². The smallest absolute Gasteiger partial charge is 0.244 e. The van der Waals surface area contributed by atoms with Crippen LogP contribution >= 0.6 is 0 Å². The number of aromatic nitrogens is 2. The Hall–Kier alpha value is -2.50. The van der Waals surface area contributed by atoms with Gasteiger partial charge in [0, 0.05) is 18.9 Å². The molecule has 0 N–H and O–H groups in total. The highest BCUT2D eigenvalue weighted by Crippen LogP contribution is 2.38. The van der Waals surface area contributed by atoms with E-state index < -0.39 is 0 Å². The molecule has 0 unspecified atom stereocenters. The van der Waals surface area contributed by atoms with Crippen LogP contribution in [-0.4, -0.2) is 40.3 Å². The molecule has 2 aliphatic rings. The van der Waals surface area contributed by atoms with Crippen LogP contribution in [0.15, 0.2) is 36.7 Å². The highest BCUT2D eigenvalue weighted by Gasteiger charge is 2.30. The van der Waals surface area contributed by atoms with E-state index in [9.17, 15) is 4.79 Å². The highest BCUT2D eigenvalue weighted by atomic mass is 16.6. The van der Waals surface area contributed by atoms with Crippen LogP contribution < -0.4 is 9.47 Å². The number of fused-ring (bicyclic) bond motifs is 1. The Balaban J connectivity index is 1.54. The van der Waals surface area contributed by atoms with Gasteiger partial charge in [-0.25, -0.2) is 0 Å². The van der Waals surface area contributed by atoms with Crippen molar-refractivity contribution in [2.45, 2.75) is 25.4 Å². The van der Waals surface area contributed by atoms with Gasteiger partial charge in [-0.15, -0.1) is 0 Å². The summed E-state index contributed by atoms with van der Waals surface area (Å²) in [5, 5.41) is 4.12. The van der Waals surface area contributed by atoms with Gasteiger partial charge in [0.2, 0.25) is 5.91 Å². The van der Waals surface area contributed by atoms with Crippen LogP contribution in [0.5, 0.6) is 11.5 Å². The van der Waals surface area contributed by atoms with Crippen molar-refractivity contribution in [1.82, 2.24) is 14.7 Å². The Bertz CT molecular complexity index is 699. The minimum absolute atomic E-state index is 0.103. The number of amides is 1. The van der Waals surface area contributed by atoms with Crippen LogP contribution in [0.2, 0.25) is 0 Å². The Morgan fingerprint density at radius 3 is 2.96 bits per heavy atom. The molecule has 1 aromatic heterocycles. The molecular formula is C17H19N3O3. The molecule has 0 bridgehead atoms. The summed E-state index contributed by atoms with van der Waals surface area (Å²) in [5.41, 5.74) is 1.11. The number of hydrogen-bond donors (Lipinski definition) is 0. The molecule has 0 saturated carbocycles. The Kier molecular flexibility index (Phi) is 3.65. The highest BCUT2D eigenvalue weighted by molar-refractivity contribution is 5.76. The monoisotopic (exact) mass is 313 g/mol. The van der Waals surface area contributed by atoms with E-state index in [1.165, 1.54) is 0 Å². The zero-order chi connectivity index (χ0) is 15.6. The summed E-state index contributed by atoms with van der Waals surface area (Å²) in [5.74, 6) is 1.67. The summed E-state index contributed by atoms with van der Waals surface area (Å²) in [6, 6.07) is 7.93. The van der Waals surface area contributed by atoms with Crippen molar-refractivity contribution in [2.75, 3.05) is 19.8 Å². The summed E-state index contributed by atoms with van der Waals surface area (Å²) in [6.07, 6.45) is 5.50. The fourth-order valence-corrected chi connectivity index (χ4v) is 3.30. The average Bonchev–Trinajstić information content (AvgIpc) is 3.25. The molecule has 2 aliphatic heterocycles. The van der Waals surface area contributed by atoms with Gasteiger partial charge in [-0.2, -0.15) is 5.10 Å². The third kappa shape index (κ3) is 2.76. The first-order chi connectivity index (χ1) is 11.3. The first-order valence-corrected chi connectivity index (χ1v) is 7.98. The second kappa shape index (κ2) is 5.95. The quantitative estimate of drug-likeness (QED) is 0.870. The van der Waals surface area contributed by atoms with Crippen LogP contribution in [0.1, 0.15) is 24.4 Å². The van der Waals surface area contributed by atoms with Crippen molar-refractivity contribution in [1.29, 1.82) is 0 Å². The van der Waals surface area contributed by atoms with Gasteiger partial charge >= 0.3 is 0 Å². The molecule has 3 heterocycles. The fraction of sp³-hybridized carbons (Fsp3) is 0.412. The van der Waals surface area contributed by atoms with E-state index >= 15 is 0 Å². The van der Waals surface area contributed by atoms with Crippen molar-refractivity contribution in [3.05, 3.63) is 42.2 Å². The zero-order valence-corrected chi connectivity index (χ0v) is 12.9. The number of nitrogens with zero attached hydrogens (tertiary/aromatic N) is 3. The topological polar surface area (TPSA) is 56.6 Å². The van der Waals surface area contributed by atoms with E-state index in [4.69, 9.17) is 9.47 Å². The van der Waals surface area contributed by atoms with E-state index in [0.29, 0.717) is 13.2 Å². The largest absolute Gasteiger partial charge is 0.486 e. The van der Waals surface area contributed by atoms with E-state index in [2.05, 4.69) is 5.10 Å². The number of benzene rings is 1. The van der Waals surface area contributed by atoms with Gasteiger partial charge in [0.25, 0.3) is 0 Å². The van der Waals surface area contributed by atoms with Gasteiger partial charge in [0.1, 0.15) is 19.8 Å². The lowest BCUT2D eigenvalue weighted by Crippen LogP contribution is -2.33. The lowest BCUT2D eigenvalue weighted by molar-refractivity contribution is -0.133. The molecular weight excluding hydrogens is 294 g/mol. The number of carbonyl (C=O) groups excluding carboxylic acids is 1. The SMILES string of the molecule is O=C(Cn1cccn1)N1CCC[C@@H]1c1ccc2c(c1)OCCO2. The molecule has 0 radical (unpaired) electrons. The maximum atomic E-state index is 12.6. The molecule has 120 valence electrons. The number of hydrogen-bond acceptors (Lipinski definition) is 4. The molecule has 2 aromatic rings. The first kappa shape index (κ1) is 14.1. The van der Waals surface area contributed by atoms with E-state index in [-0.39, 0.29) is 18.5 Å². The van der Waals surface area contributed by atoms with Crippen LogP contribution in [0.4, 0.5) is 0 Å². The molecule has 1 aromatic carbocycles. The van der Waals surface area contributed by atoms with Gasteiger partial charge < -0.3 is 14.4 Å². The van der Waals surface area contributed by atoms with Crippen LogP contribution in [0, 0.1) is 0 Å². The van der Waals surface area contributed by atoms with Crippen molar-refractivity contribution in [3.63, 3.8) is 0 Å². The van der Waals surface area contributed by atoms with Crippen LogP contribution in [0.3, 0.4) is 0 Å². The summed E-state index contributed by atoms with van der Waals surface area (Å²) in [4.78, 5) is 14.5. The lowest BCUT2D eigenvalue weighted by atomic mass is 10.0. The number of carbonyl (C=O) groups is 1. The molecule has 6 nitrogen and oxygen atoms in total. The summed E-state index contributed by atoms with van der Waals surface area (Å²) in [7, 11) is 0. The summed E-state index contributed by atoms with van der Waals surface area (Å²) >= 11 is 0. The summed E-state index contributed by atoms with van der Waals surface area (Å²) < 4.78 is 12.9. The molecule has 23 heavy (non-hydrogen) atoms. The summed E-state index contributed by atoms with van der Waals surface area (Å²) in [6.45, 7) is 2.24. The number of rotatable bonds is 3. The number of likely N-dealkylation sites (tertiary alicyclic amines) is 1. The maximum Gasteiger partial charge on any atom is 0.244 e. The molecule has 0 aliphatic carbocycles. The minimum Gasteiger partial charge on any atom is -0.486 e. The molecule has 1 fully saturated rings. The fourth-order valence-electron chi connectivity index (χ4n) is 3.30. The predicted molar refractivity (Wildman–Crippen MR) is 83.3 cm³/mol. The Morgan fingerprint density at radius 1 is 1.26 bits per heavy atom. The van der Waals surface area contributed by atoms with E-state index in [0.717, 1.165) is 36.4 Å². The van der Waals surface area contributed by atoms with Gasteiger partial charge in [-0.1, -0.05) is 6.07 Å². The minimum atomic E-state index is 0.103. The number of ether oxygens (including phenoxy) is 2. The Morgan fingerprint density at radius 2 is 2.13 bits per heavy atom. The van der Waals surface area contributed by atoms with E-state index in [1.54, 1.807) is 10.9 Å². The van der Waals surface area contributed by atoms with Gasteiger partial charge in [-0.05, 0) is 36.6 Å². The second-order valence-corrected chi connectivity index (χ2v) is 5.85. The predicted octanol–water partition coefficient (Wildman–Crippen LogP) is 2.02. The van der Waals surface area contributed by atoms with Crippen molar-refractivity contribution in [3.8, 4) is 11.5 Å². The molecule has 4 rings (SSSR count). The lowest BCUT2D eigenvalue weighted by Gasteiger charge is -2.26. The Labute approximate surface area is 134 Å². The van der Waals surface area contributed by atoms with Gasteiger partial charge in [-0.3, -0.25) is 9.48 Å². The zero-order valence-electron chi connectivity index (χ0n) is 12.9. The molecule has 1 amide bonds. The molecule has 1 atom stereocenters. The van der Waals surface area contributed by atoms with Crippen LogP contribution in [0.25, 0.3) is 0 Å². The molecule has 0 spiro atoms. The van der Waals surface area contributed by atoms with Crippen LogP contribution in [-0.2, 0) is 11.3 Å².